The highest BCUT2D eigenvalue weighted by molar-refractivity contribution is 7.89. The number of nitrogens with two attached hydrogens (primary N) is 1. The van der Waals surface area contributed by atoms with Gasteiger partial charge in [-0.2, -0.15) is 5.10 Å². The van der Waals surface area contributed by atoms with Crippen LogP contribution in [0.5, 0.6) is 0 Å². The van der Waals surface area contributed by atoms with Gasteiger partial charge in [-0.15, -0.1) is 0 Å². The van der Waals surface area contributed by atoms with Crippen molar-refractivity contribution in [2.75, 3.05) is 12.3 Å². The van der Waals surface area contributed by atoms with Crippen molar-refractivity contribution in [1.82, 2.24) is 23.9 Å². The van der Waals surface area contributed by atoms with E-state index < -0.39 is 10.0 Å². The average molecular weight is 306 g/mol. The Bertz CT molecular complexity index is 853. The Morgan fingerprint density at radius 3 is 2.86 bits per heavy atom. The van der Waals surface area contributed by atoms with Crippen LogP contribution in [-0.2, 0) is 16.6 Å². The Balaban J connectivity index is 1.84. The van der Waals surface area contributed by atoms with E-state index in [9.17, 15) is 8.42 Å². The van der Waals surface area contributed by atoms with Gasteiger partial charge in [0.1, 0.15) is 5.65 Å². The molecule has 0 aliphatic heterocycles. The summed E-state index contributed by atoms with van der Waals surface area (Å²) in [4.78, 5) is 4.04. The molecule has 0 amide bonds. The lowest BCUT2D eigenvalue weighted by Gasteiger charge is -2.07. The topological polar surface area (TPSA) is 107 Å². The highest BCUT2D eigenvalue weighted by Gasteiger charge is 2.23. The van der Waals surface area contributed by atoms with Crippen molar-refractivity contribution in [2.45, 2.75) is 11.6 Å². The van der Waals surface area contributed by atoms with Gasteiger partial charge in [0.25, 0.3) is 10.0 Å². The van der Waals surface area contributed by atoms with E-state index in [1.54, 1.807) is 47.5 Å². The summed E-state index contributed by atoms with van der Waals surface area (Å²) >= 11 is 0. The predicted octanol–water partition coefficient (Wildman–Crippen LogP) is 0.0915. The van der Waals surface area contributed by atoms with Crippen LogP contribution in [0.25, 0.3) is 5.65 Å². The first-order valence-corrected chi connectivity index (χ1v) is 7.76. The summed E-state index contributed by atoms with van der Waals surface area (Å²) in [5, 5.41) is 3.96. The van der Waals surface area contributed by atoms with Gasteiger partial charge in [-0.05, 0) is 18.2 Å². The van der Waals surface area contributed by atoms with Gasteiger partial charge in [0.05, 0.1) is 6.54 Å². The number of pyridine rings is 1. The zero-order valence-corrected chi connectivity index (χ0v) is 11.9. The third-order valence-corrected chi connectivity index (χ3v) is 4.46. The number of nitrogen functional groups attached to an aromatic ring is 1. The number of sulfonamides is 1. The molecule has 0 unspecified atom stereocenters. The lowest BCUT2D eigenvalue weighted by Crippen LogP contribution is -2.29. The second kappa shape index (κ2) is 5.19. The Kier molecular flexibility index (Phi) is 3.35. The number of nitrogens with zero attached hydrogens (tertiary/aromatic N) is 4. The Labute approximate surface area is 121 Å². The van der Waals surface area contributed by atoms with Crippen LogP contribution in [0.3, 0.4) is 0 Å². The van der Waals surface area contributed by atoms with Gasteiger partial charge < -0.3 is 5.73 Å². The third kappa shape index (κ3) is 2.60. The van der Waals surface area contributed by atoms with Crippen molar-refractivity contribution in [2.24, 2.45) is 0 Å². The number of aromatic nitrogens is 4. The highest BCUT2D eigenvalue weighted by atomic mass is 32.2. The van der Waals surface area contributed by atoms with Crippen molar-refractivity contribution in [1.29, 1.82) is 0 Å². The van der Waals surface area contributed by atoms with Gasteiger partial charge in [-0.3, -0.25) is 9.08 Å². The molecule has 110 valence electrons. The van der Waals surface area contributed by atoms with Gasteiger partial charge in [-0.25, -0.2) is 18.1 Å². The second-order valence-electron chi connectivity index (χ2n) is 4.40. The van der Waals surface area contributed by atoms with E-state index in [-0.39, 0.29) is 17.4 Å². The van der Waals surface area contributed by atoms with Crippen molar-refractivity contribution >= 4 is 21.5 Å². The van der Waals surface area contributed by atoms with Gasteiger partial charge in [0, 0.05) is 25.1 Å². The number of rotatable bonds is 5. The lowest BCUT2D eigenvalue weighted by molar-refractivity contribution is 0.557. The zero-order chi connectivity index (χ0) is 14.9. The SMILES string of the molecule is Nc1nc2ccccn2c1S(=O)(=O)NCCn1cccn1. The van der Waals surface area contributed by atoms with E-state index in [0.717, 1.165) is 0 Å². The molecular formula is C12H14N6O2S. The maximum Gasteiger partial charge on any atom is 0.260 e. The number of anilines is 1. The zero-order valence-electron chi connectivity index (χ0n) is 11.0. The molecule has 21 heavy (non-hydrogen) atoms. The molecular weight excluding hydrogens is 292 g/mol. The molecule has 0 saturated heterocycles. The molecule has 0 fully saturated rings. The summed E-state index contributed by atoms with van der Waals surface area (Å²) < 4.78 is 30.3. The molecule has 0 bridgehead atoms. The molecule has 3 aromatic rings. The summed E-state index contributed by atoms with van der Waals surface area (Å²) in [5.74, 6) is -0.0206. The fourth-order valence-electron chi connectivity index (χ4n) is 2.05. The maximum atomic E-state index is 12.4. The molecule has 0 atom stereocenters. The summed E-state index contributed by atoms with van der Waals surface area (Å²) in [7, 11) is -3.74. The smallest absolute Gasteiger partial charge is 0.260 e. The van der Waals surface area contributed by atoms with Gasteiger partial charge in [0.15, 0.2) is 10.8 Å². The summed E-state index contributed by atoms with van der Waals surface area (Å²) in [5.41, 5.74) is 6.23. The van der Waals surface area contributed by atoms with Crippen LogP contribution in [-0.4, -0.2) is 34.1 Å². The highest BCUT2D eigenvalue weighted by Crippen LogP contribution is 2.19. The predicted molar refractivity (Wildman–Crippen MR) is 77.0 cm³/mol. The minimum Gasteiger partial charge on any atom is -0.381 e. The second-order valence-corrected chi connectivity index (χ2v) is 6.08. The first-order chi connectivity index (χ1) is 10.1. The molecule has 0 aliphatic rings. The molecule has 0 spiro atoms. The minimum absolute atomic E-state index is 0.0206. The monoisotopic (exact) mass is 306 g/mol. The summed E-state index contributed by atoms with van der Waals surface area (Å²) in [6, 6.07) is 6.95. The van der Waals surface area contributed by atoms with Crippen LogP contribution in [0.4, 0.5) is 5.82 Å². The summed E-state index contributed by atoms with van der Waals surface area (Å²) in [6.45, 7) is 0.645. The van der Waals surface area contributed by atoms with Crippen LogP contribution in [0, 0.1) is 0 Å². The molecule has 0 aliphatic carbocycles. The molecule has 8 nitrogen and oxygen atoms in total. The number of hydrogen-bond donors (Lipinski definition) is 2. The first-order valence-electron chi connectivity index (χ1n) is 6.27. The Morgan fingerprint density at radius 2 is 2.10 bits per heavy atom. The molecule has 3 heterocycles. The molecule has 0 radical (unpaired) electrons. The number of imidazole rings is 1. The largest absolute Gasteiger partial charge is 0.381 e. The molecule has 3 rings (SSSR count). The van der Waals surface area contributed by atoms with Crippen molar-refractivity contribution in [3.8, 4) is 0 Å². The number of hydrogen-bond acceptors (Lipinski definition) is 5. The van der Waals surface area contributed by atoms with E-state index in [1.807, 2.05) is 0 Å². The first kappa shape index (κ1) is 13.6. The molecule has 9 heteroatoms. The van der Waals surface area contributed by atoms with Gasteiger partial charge in [0.2, 0.25) is 0 Å². The minimum atomic E-state index is -3.74. The quantitative estimate of drug-likeness (QED) is 0.694. The molecule has 3 N–H and O–H groups in total. The van der Waals surface area contributed by atoms with Crippen LogP contribution in [0.2, 0.25) is 0 Å². The molecule has 0 aromatic carbocycles. The van der Waals surface area contributed by atoms with Gasteiger partial charge >= 0.3 is 0 Å². The van der Waals surface area contributed by atoms with E-state index in [1.165, 1.54) is 4.40 Å². The lowest BCUT2D eigenvalue weighted by atomic mass is 10.5. The van der Waals surface area contributed by atoms with E-state index >= 15 is 0 Å². The normalized spacial score (nSPS) is 12.0. The van der Waals surface area contributed by atoms with Crippen LogP contribution in [0.15, 0.2) is 47.9 Å². The maximum absolute atomic E-state index is 12.4. The third-order valence-electron chi connectivity index (χ3n) is 2.96. The standard InChI is InChI=1S/C12H14N6O2S/c13-11-12(18-8-2-1-4-10(18)16-11)21(19,20)15-6-9-17-7-3-5-14-17/h1-5,7-8,15H,6,9,13H2. The summed E-state index contributed by atoms with van der Waals surface area (Å²) in [6.07, 6.45) is 5.01. The van der Waals surface area contributed by atoms with Crippen LogP contribution >= 0.6 is 0 Å². The van der Waals surface area contributed by atoms with Gasteiger partial charge in [-0.1, -0.05) is 6.07 Å². The fourth-order valence-corrected chi connectivity index (χ4v) is 3.29. The van der Waals surface area contributed by atoms with Crippen LogP contribution < -0.4 is 10.5 Å². The molecule has 0 saturated carbocycles. The van der Waals surface area contributed by atoms with E-state index in [4.69, 9.17) is 5.73 Å². The van der Waals surface area contributed by atoms with Crippen molar-refractivity contribution < 1.29 is 8.42 Å². The van der Waals surface area contributed by atoms with Crippen LogP contribution in [0.1, 0.15) is 0 Å². The van der Waals surface area contributed by atoms with E-state index in [0.29, 0.717) is 12.2 Å². The molecule has 3 aromatic heterocycles. The Morgan fingerprint density at radius 1 is 1.24 bits per heavy atom. The number of nitrogens with one attached hydrogen (secondary N) is 1. The fraction of sp³-hybridized carbons (Fsp3) is 0.167. The Hall–Kier alpha value is -2.39. The number of fused-ring (bicyclic) bond motifs is 1. The van der Waals surface area contributed by atoms with E-state index in [2.05, 4.69) is 14.8 Å². The average Bonchev–Trinajstić information content (AvgIpc) is 3.04. The van der Waals surface area contributed by atoms with Crippen molar-refractivity contribution in [3.05, 3.63) is 42.9 Å². The van der Waals surface area contributed by atoms with Crippen molar-refractivity contribution in [3.63, 3.8) is 0 Å².